The highest BCUT2D eigenvalue weighted by Gasteiger charge is 2.37. The fourth-order valence-corrected chi connectivity index (χ4v) is 5.72. The maximum atomic E-state index is 11.7. The summed E-state index contributed by atoms with van der Waals surface area (Å²) in [5, 5.41) is 4.10. The number of hydrogen-bond donors (Lipinski definition) is 2. The number of nitrogens with zero attached hydrogens (tertiary/aromatic N) is 1. The fraction of sp³-hybridized carbons (Fsp3) is 0.588. The van der Waals surface area contributed by atoms with Gasteiger partial charge in [0.25, 0.3) is 0 Å². The first-order valence-corrected chi connectivity index (χ1v) is 10.9. The van der Waals surface area contributed by atoms with Crippen LogP contribution in [0.2, 0.25) is 0 Å². The van der Waals surface area contributed by atoms with Gasteiger partial charge in [0.2, 0.25) is 0 Å². The smallest absolute Gasteiger partial charge is 0.173 e. The van der Waals surface area contributed by atoms with Crippen LogP contribution in [-0.2, 0) is 16.3 Å². The largest absolute Gasteiger partial charge is 0.338 e. The van der Waals surface area contributed by atoms with Crippen molar-refractivity contribution in [3.63, 3.8) is 0 Å². The zero-order chi connectivity index (χ0) is 17.2. The van der Waals surface area contributed by atoms with Gasteiger partial charge in [-0.25, -0.2) is 8.42 Å². The molecule has 0 radical (unpaired) electrons. The Morgan fingerprint density at radius 2 is 2.12 bits per heavy atom. The van der Waals surface area contributed by atoms with Crippen molar-refractivity contribution < 1.29 is 13.3 Å². The first-order chi connectivity index (χ1) is 11.5. The molecular formula is C17H26N3O2S2+. The summed E-state index contributed by atoms with van der Waals surface area (Å²) in [4.78, 5) is 3.61. The quantitative estimate of drug-likeness (QED) is 0.754. The molecule has 2 fully saturated rings. The number of nitrogens with one attached hydrogen (secondary N) is 2. The first-order valence-electron chi connectivity index (χ1n) is 8.67. The molecule has 1 atom stereocenters. The Kier molecular flexibility index (Phi) is 5.42. The van der Waals surface area contributed by atoms with Gasteiger partial charge in [0.05, 0.1) is 31.9 Å². The molecule has 0 bridgehead atoms. The third-order valence-electron chi connectivity index (χ3n) is 5.09. The third-order valence-corrected chi connectivity index (χ3v) is 7.22. The molecular weight excluding hydrogens is 342 g/mol. The molecule has 2 N–H and O–H groups in total. The maximum Gasteiger partial charge on any atom is 0.173 e. The van der Waals surface area contributed by atoms with Crippen LogP contribution in [-0.4, -0.2) is 62.2 Å². The molecule has 7 heteroatoms. The second kappa shape index (κ2) is 7.37. The van der Waals surface area contributed by atoms with Crippen LogP contribution < -0.4 is 10.2 Å². The fourth-order valence-electron chi connectivity index (χ4n) is 3.59. The molecule has 132 valence electrons. The molecule has 1 aromatic carbocycles. The molecule has 0 saturated carbocycles. The number of benzene rings is 1. The molecule has 3 rings (SSSR count). The summed E-state index contributed by atoms with van der Waals surface area (Å²) in [7, 11) is -2.79. The molecule has 24 heavy (non-hydrogen) atoms. The lowest BCUT2D eigenvalue weighted by atomic mass is 10.1. The van der Waals surface area contributed by atoms with E-state index in [0.29, 0.717) is 11.5 Å². The van der Waals surface area contributed by atoms with E-state index in [4.69, 9.17) is 12.2 Å². The number of quaternary nitrogens is 1. The zero-order valence-corrected chi connectivity index (χ0v) is 15.8. The molecule has 2 heterocycles. The molecule has 5 nitrogen and oxygen atoms in total. The molecule has 0 aromatic heterocycles. The Morgan fingerprint density at radius 1 is 1.38 bits per heavy atom. The van der Waals surface area contributed by atoms with Gasteiger partial charge in [-0.1, -0.05) is 19.1 Å². The summed E-state index contributed by atoms with van der Waals surface area (Å²) >= 11 is 5.56. The Labute approximate surface area is 149 Å². The lowest BCUT2D eigenvalue weighted by Crippen LogP contribution is -3.18. The molecule has 2 aliphatic rings. The number of thiocarbonyl (C=S) groups is 1. The van der Waals surface area contributed by atoms with Gasteiger partial charge in [0.15, 0.2) is 14.9 Å². The average Bonchev–Trinajstić information content (AvgIpc) is 2.95. The minimum atomic E-state index is -2.79. The van der Waals surface area contributed by atoms with Crippen LogP contribution in [0, 0.1) is 0 Å². The van der Waals surface area contributed by atoms with E-state index in [0.717, 1.165) is 49.8 Å². The predicted octanol–water partition coefficient (Wildman–Crippen LogP) is 0.333. The van der Waals surface area contributed by atoms with Crippen molar-refractivity contribution in [3.8, 4) is 0 Å². The lowest BCUT2D eigenvalue weighted by molar-refractivity contribution is -0.925. The van der Waals surface area contributed by atoms with Crippen molar-refractivity contribution in [1.29, 1.82) is 0 Å². The van der Waals surface area contributed by atoms with Crippen LogP contribution in [0.5, 0.6) is 0 Å². The van der Waals surface area contributed by atoms with Gasteiger partial charge >= 0.3 is 0 Å². The number of aryl methyl sites for hydroxylation is 1. The van der Waals surface area contributed by atoms with E-state index in [1.165, 1.54) is 10.5 Å². The standard InChI is InChI=1S/C17H25N3O2S2/c1-2-14-4-3-5-15(12-14)18-17(23)20-9-7-19(8-10-20)16-6-11-24(21,22)13-16/h3-5,12,16H,2,6-11,13H2,1H3,(H,18,23)/p+1/t16-/m0/s1. The minimum Gasteiger partial charge on any atom is -0.338 e. The molecule has 2 saturated heterocycles. The SMILES string of the molecule is CCc1cccc(NC(=S)N2CC[NH+]([C@H]3CCS(=O)(=O)C3)CC2)c1. The average molecular weight is 369 g/mol. The molecule has 0 spiro atoms. The summed E-state index contributed by atoms with van der Waals surface area (Å²) < 4.78 is 23.3. The Balaban J connectivity index is 1.52. The van der Waals surface area contributed by atoms with Gasteiger partial charge in [-0.05, 0) is 36.3 Å². The predicted molar refractivity (Wildman–Crippen MR) is 101 cm³/mol. The lowest BCUT2D eigenvalue weighted by Gasteiger charge is -2.36. The van der Waals surface area contributed by atoms with E-state index in [-0.39, 0.29) is 6.04 Å². The summed E-state index contributed by atoms with van der Waals surface area (Å²) in [6.07, 6.45) is 1.82. The van der Waals surface area contributed by atoms with Crippen LogP contribution >= 0.6 is 12.2 Å². The van der Waals surface area contributed by atoms with Crippen LogP contribution in [0.3, 0.4) is 0 Å². The van der Waals surface area contributed by atoms with Gasteiger partial charge in [-0.3, -0.25) is 0 Å². The van der Waals surface area contributed by atoms with Crippen molar-refractivity contribution in [2.75, 3.05) is 43.0 Å². The molecule has 2 aliphatic heterocycles. The van der Waals surface area contributed by atoms with Crippen LogP contribution in [0.1, 0.15) is 18.9 Å². The van der Waals surface area contributed by atoms with Gasteiger partial charge < -0.3 is 15.1 Å². The molecule has 0 aliphatic carbocycles. The first kappa shape index (κ1) is 17.6. The maximum absolute atomic E-state index is 11.7. The number of anilines is 1. The van der Waals surface area contributed by atoms with E-state index in [1.807, 2.05) is 12.1 Å². The second-order valence-electron chi connectivity index (χ2n) is 6.73. The van der Waals surface area contributed by atoms with Crippen LogP contribution in [0.25, 0.3) is 0 Å². The van der Waals surface area contributed by atoms with Gasteiger partial charge in [-0.15, -0.1) is 0 Å². The monoisotopic (exact) mass is 368 g/mol. The highest BCUT2D eigenvalue weighted by atomic mass is 32.2. The normalized spacial score (nSPS) is 24.0. The van der Waals surface area contributed by atoms with Crippen molar-refractivity contribution in [2.24, 2.45) is 0 Å². The van der Waals surface area contributed by atoms with Crippen molar-refractivity contribution >= 4 is 32.9 Å². The molecule has 1 aromatic rings. The van der Waals surface area contributed by atoms with Crippen molar-refractivity contribution in [3.05, 3.63) is 29.8 Å². The number of sulfone groups is 1. The van der Waals surface area contributed by atoms with Crippen molar-refractivity contribution in [2.45, 2.75) is 25.8 Å². The summed E-state index contributed by atoms with van der Waals surface area (Å²) in [6.45, 7) is 5.81. The zero-order valence-electron chi connectivity index (χ0n) is 14.1. The van der Waals surface area contributed by atoms with Gasteiger partial charge in [-0.2, -0.15) is 0 Å². The topological polar surface area (TPSA) is 53.9 Å². The Hall–Kier alpha value is -1.18. The Bertz CT molecular complexity index is 698. The molecule has 0 amide bonds. The highest BCUT2D eigenvalue weighted by molar-refractivity contribution is 7.91. The minimum absolute atomic E-state index is 0.278. The summed E-state index contributed by atoms with van der Waals surface area (Å²) in [6, 6.07) is 8.62. The van der Waals surface area contributed by atoms with E-state index in [2.05, 4.69) is 29.3 Å². The number of hydrogen-bond acceptors (Lipinski definition) is 3. The molecule has 0 unspecified atom stereocenters. The van der Waals surface area contributed by atoms with Gasteiger partial charge in [0, 0.05) is 12.1 Å². The van der Waals surface area contributed by atoms with E-state index < -0.39 is 9.84 Å². The van der Waals surface area contributed by atoms with Gasteiger partial charge in [0.1, 0.15) is 11.8 Å². The van der Waals surface area contributed by atoms with Crippen molar-refractivity contribution in [1.82, 2.24) is 4.90 Å². The van der Waals surface area contributed by atoms with Crippen LogP contribution in [0.15, 0.2) is 24.3 Å². The van der Waals surface area contributed by atoms with E-state index >= 15 is 0 Å². The third kappa shape index (κ3) is 4.26. The highest BCUT2D eigenvalue weighted by Crippen LogP contribution is 2.13. The van der Waals surface area contributed by atoms with Crippen LogP contribution in [0.4, 0.5) is 5.69 Å². The second-order valence-corrected chi connectivity index (χ2v) is 9.34. The number of rotatable bonds is 3. The summed E-state index contributed by atoms with van der Waals surface area (Å²) in [5.41, 5.74) is 2.33. The van der Waals surface area contributed by atoms with E-state index in [9.17, 15) is 8.42 Å². The summed E-state index contributed by atoms with van der Waals surface area (Å²) in [5.74, 6) is 0.716. The van der Waals surface area contributed by atoms with E-state index in [1.54, 1.807) is 0 Å². The Morgan fingerprint density at radius 3 is 2.75 bits per heavy atom. The number of piperazine rings is 1.